The molecule has 2 rings (SSSR count). The zero-order valence-electron chi connectivity index (χ0n) is 7.80. The molecule has 14 heavy (non-hydrogen) atoms. The summed E-state index contributed by atoms with van der Waals surface area (Å²) in [5.74, 6) is -2.61. The van der Waals surface area contributed by atoms with Gasteiger partial charge in [0.1, 0.15) is 0 Å². The maximum absolute atomic E-state index is 12.8. The van der Waals surface area contributed by atoms with Crippen molar-refractivity contribution in [3.63, 3.8) is 0 Å². The Morgan fingerprint density at radius 3 is 2.79 bits per heavy atom. The molecule has 1 aromatic heterocycles. The first kappa shape index (κ1) is 9.58. The van der Waals surface area contributed by atoms with Crippen LogP contribution in [0, 0.1) is 5.41 Å². The van der Waals surface area contributed by atoms with Crippen molar-refractivity contribution in [3.8, 4) is 0 Å². The smallest absolute Gasteiger partial charge is 0.254 e. The molecule has 0 bridgehead atoms. The molecule has 1 fully saturated rings. The molecule has 0 amide bonds. The van der Waals surface area contributed by atoms with Gasteiger partial charge >= 0.3 is 0 Å². The number of aliphatic hydroxyl groups is 1. The van der Waals surface area contributed by atoms with Gasteiger partial charge in [-0.25, -0.2) is 8.78 Å². The van der Waals surface area contributed by atoms with Gasteiger partial charge in [0.05, 0.1) is 12.3 Å². The average molecular weight is 202 g/mol. The quantitative estimate of drug-likeness (QED) is 0.786. The van der Waals surface area contributed by atoms with Gasteiger partial charge in [0.2, 0.25) is 0 Å². The summed E-state index contributed by atoms with van der Waals surface area (Å²) in [5.41, 5.74) is -0.474. The van der Waals surface area contributed by atoms with E-state index in [0.717, 1.165) is 0 Å². The molecule has 0 saturated heterocycles. The zero-order chi connectivity index (χ0) is 10.4. The van der Waals surface area contributed by atoms with Crippen LogP contribution in [0.25, 0.3) is 0 Å². The maximum atomic E-state index is 12.8. The van der Waals surface area contributed by atoms with Crippen molar-refractivity contribution < 1.29 is 13.9 Å². The van der Waals surface area contributed by atoms with E-state index in [4.69, 9.17) is 0 Å². The Morgan fingerprint density at radius 2 is 2.36 bits per heavy atom. The van der Waals surface area contributed by atoms with Gasteiger partial charge in [0.25, 0.3) is 5.92 Å². The largest absolute Gasteiger partial charge is 0.388 e. The second-order valence-electron chi connectivity index (χ2n) is 4.19. The highest BCUT2D eigenvalue weighted by molar-refractivity contribution is 5.13. The van der Waals surface area contributed by atoms with E-state index in [1.807, 2.05) is 0 Å². The molecule has 2 unspecified atom stereocenters. The summed E-state index contributed by atoms with van der Waals surface area (Å²) in [5, 5.41) is 15.8. The lowest BCUT2D eigenvalue weighted by molar-refractivity contribution is 0.0418. The Labute approximate surface area is 80.1 Å². The first-order valence-corrected chi connectivity index (χ1v) is 4.49. The van der Waals surface area contributed by atoms with Crippen molar-refractivity contribution in [1.82, 2.24) is 10.2 Å². The Morgan fingerprint density at radius 1 is 1.71 bits per heavy atom. The number of hydrogen-bond donors (Lipinski definition) is 2. The lowest BCUT2D eigenvalue weighted by atomic mass is 9.97. The van der Waals surface area contributed by atoms with Gasteiger partial charge < -0.3 is 5.11 Å². The van der Waals surface area contributed by atoms with Gasteiger partial charge in [-0.2, -0.15) is 5.10 Å². The van der Waals surface area contributed by atoms with E-state index in [1.165, 1.54) is 19.3 Å². The van der Waals surface area contributed by atoms with Crippen molar-refractivity contribution >= 4 is 0 Å². The van der Waals surface area contributed by atoms with Gasteiger partial charge in [0.15, 0.2) is 0 Å². The van der Waals surface area contributed by atoms with Gasteiger partial charge in [-0.1, -0.05) is 6.92 Å². The molecule has 2 N–H and O–H groups in total. The van der Waals surface area contributed by atoms with Gasteiger partial charge in [-0.3, -0.25) is 5.10 Å². The summed E-state index contributed by atoms with van der Waals surface area (Å²) in [7, 11) is 0. The van der Waals surface area contributed by atoms with Gasteiger partial charge in [-0.15, -0.1) is 0 Å². The normalized spacial score (nSPS) is 31.4. The number of alkyl halides is 2. The Kier molecular flexibility index (Phi) is 1.89. The van der Waals surface area contributed by atoms with Crippen molar-refractivity contribution in [1.29, 1.82) is 0 Å². The SMILES string of the molecule is CC1(CC(O)c2cn[nH]c2)CC1(F)F. The molecule has 0 aromatic carbocycles. The van der Waals surface area contributed by atoms with E-state index < -0.39 is 17.4 Å². The van der Waals surface area contributed by atoms with Crippen LogP contribution < -0.4 is 0 Å². The number of aromatic amines is 1. The maximum Gasteiger partial charge on any atom is 0.254 e. The molecule has 1 aromatic rings. The lowest BCUT2D eigenvalue weighted by Gasteiger charge is -2.14. The molecule has 5 heteroatoms. The highest BCUT2D eigenvalue weighted by atomic mass is 19.3. The number of nitrogens with one attached hydrogen (secondary N) is 1. The van der Waals surface area contributed by atoms with Crippen molar-refractivity contribution in [2.24, 2.45) is 5.41 Å². The van der Waals surface area contributed by atoms with Crippen LogP contribution in [-0.2, 0) is 0 Å². The van der Waals surface area contributed by atoms with Gasteiger partial charge in [0, 0.05) is 23.6 Å². The number of nitrogens with zero attached hydrogens (tertiary/aromatic N) is 1. The van der Waals surface area contributed by atoms with Gasteiger partial charge in [-0.05, 0) is 6.42 Å². The second-order valence-corrected chi connectivity index (χ2v) is 4.19. The molecule has 1 aliphatic rings. The highest BCUT2D eigenvalue weighted by Gasteiger charge is 2.67. The van der Waals surface area contributed by atoms with E-state index in [2.05, 4.69) is 10.2 Å². The predicted molar refractivity (Wildman–Crippen MR) is 45.8 cm³/mol. The summed E-state index contributed by atoms with van der Waals surface area (Å²) < 4.78 is 25.7. The predicted octanol–water partition coefficient (Wildman–Crippen LogP) is 1.88. The third-order valence-electron chi connectivity index (χ3n) is 2.92. The Balaban J connectivity index is 2.00. The fourth-order valence-electron chi connectivity index (χ4n) is 1.66. The van der Waals surface area contributed by atoms with E-state index >= 15 is 0 Å². The monoisotopic (exact) mass is 202 g/mol. The molecular formula is C9H12F2N2O. The van der Waals surface area contributed by atoms with Crippen LogP contribution in [0.3, 0.4) is 0 Å². The van der Waals surface area contributed by atoms with Crippen LogP contribution in [0.5, 0.6) is 0 Å². The summed E-state index contributed by atoms with van der Waals surface area (Å²) in [6, 6.07) is 0. The van der Waals surface area contributed by atoms with Crippen molar-refractivity contribution in [2.75, 3.05) is 0 Å². The van der Waals surface area contributed by atoms with Crippen LogP contribution in [0.15, 0.2) is 12.4 Å². The Hall–Kier alpha value is -0.970. The Bertz CT molecular complexity index is 326. The van der Waals surface area contributed by atoms with Crippen LogP contribution in [-0.4, -0.2) is 21.2 Å². The van der Waals surface area contributed by atoms with E-state index in [1.54, 1.807) is 0 Å². The summed E-state index contributed by atoms with van der Waals surface area (Å²) in [4.78, 5) is 0. The molecule has 78 valence electrons. The average Bonchev–Trinajstić information content (AvgIpc) is 2.55. The number of H-pyrrole nitrogens is 1. The number of aromatic nitrogens is 2. The van der Waals surface area contributed by atoms with Crippen molar-refractivity contribution in [2.45, 2.75) is 31.8 Å². The fourth-order valence-corrected chi connectivity index (χ4v) is 1.66. The lowest BCUT2D eigenvalue weighted by Crippen LogP contribution is -2.11. The first-order chi connectivity index (χ1) is 6.45. The summed E-state index contributed by atoms with van der Waals surface area (Å²) in [6.45, 7) is 1.50. The standard InChI is InChI=1S/C9H12F2N2O/c1-8(5-9(8,10)11)2-7(14)6-3-12-13-4-6/h3-4,7,14H,2,5H2,1H3,(H,12,13). The minimum Gasteiger partial charge on any atom is -0.388 e. The number of hydrogen-bond acceptors (Lipinski definition) is 2. The molecule has 0 aliphatic heterocycles. The molecule has 0 spiro atoms. The van der Waals surface area contributed by atoms with Crippen LogP contribution >= 0.6 is 0 Å². The molecule has 2 atom stereocenters. The molecule has 3 nitrogen and oxygen atoms in total. The van der Waals surface area contributed by atoms with E-state index in [0.29, 0.717) is 5.56 Å². The minimum absolute atomic E-state index is 0.0829. The summed E-state index contributed by atoms with van der Waals surface area (Å²) in [6.07, 6.45) is 2.07. The number of halogens is 2. The highest BCUT2D eigenvalue weighted by Crippen LogP contribution is 2.63. The third kappa shape index (κ3) is 1.41. The van der Waals surface area contributed by atoms with Crippen molar-refractivity contribution in [3.05, 3.63) is 18.0 Å². The third-order valence-corrected chi connectivity index (χ3v) is 2.92. The first-order valence-electron chi connectivity index (χ1n) is 4.49. The van der Waals surface area contributed by atoms with Crippen LogP contribution in [0.1, 0.15) is 31.4 Å². The molecular weight excluding hydrogens is 190 g/mol. The molecule has 1 saturated carbocycles. The molecule has 1 aliphatic carbocycles. The van der Waals surface area contributed by atoms with Crippen LogP contribution in [0.4, 0.5) is 8.78 Å². The topological polar surface area (TPSA) is 48.9 Å². The molecule has 0 radical (unpaired) electrons. The van der Waals surface area contributed by atoms with E-state index in [-0.39, 0.29) is 12.8 Å². The van der Waals surface area contributed by atoms with Crippen LogP contribution in [0.2, 0.25) is 0 Å². The van der Waals surface area contributed by atoms with E-state index in [9.17, 15) is 13.9 Å². The second kappa shape index (κ2) is 2.76. The molecule has 1 heterocycles. The summed E-state index contributed by atoms with van der Waals surface area (Å²) >= 11 is 0. The number of rotatable bonds is 3. The number of aliphatic hydroxyl groups excluding tert-OH is 1. The zero-order valence-corrected chi connectivity index (χ0v) is 7.80. The minimum atomic E-state index is -2.61. The fraction of sp³-hybridized carbons (Fsp3) is 0.667.